The third-order valence-corrected chi connectivity index (χ3v) is 4.10. The Morgan fingerprint density at radius 1 is 1.31 bits per heavy atom. The van der Waals surface area contributed by atoms with Gasteiger partial charge in [-0.15, -0.1) is 0 Å². The molecule has 3 rings (SSSR count). The second kappa shape index (κ2) is 4.24. The van der Waals surface area contributed by atoms with E-state index in [4.69, 9.17) is 0 Å². The Morgan fingerprint density at radius 3 is 2.50 bits per heavy atom. The minimum atomic E-state index is 0.0296. The summed E-state index contributed by atoms with van der Waals surface area (Å²) in [6.45, 7) is 0.835. The van der Waals surface area contributed by atoms with Crippen molar-refractivity contribution < 1.29 is 4.79 Å². The van der Waals surface area contributed by atoms with Gasteiger partial charge in [0, 0.05) is 11.8 Å². The maximum Gasteiger partial charge on any atom is 0.249 e. The van der Waals surface area contributed by atoms with Crippen LogP contribution in [-0.2, 0) is 4.79 Å². The number of thioether (sulfide) groups is 1. The summed E-state index contributed by atoms with van der Waals surface area (Å²) in [5, 5.41) is 3.67. The molecule has 3 aliphatic rings. The van der Waals surface area contributed by atoms with Crippen molar-refractivity contribution in [3.63, 3.8) is 0 Å². The van der Waals surface area contributed by atoms with Crippen LogP contribution in [0.5, 0.6) is 0 Å². The summed E-state index contributed by atoms with van der Waals surface area (Å²) in [6.07, 6.45) is 6.98. The molecule has 0 spiro atoms. The number of carbonyl (C=O) groups excluding carboxylic acids is 1. The standard InChI is InChI=1S/C12H16N2OS/c15-11(14-12-13-5-6-16-12)7-10(8-1-2-8)9-3-4-9/h7-9H,1-6H2,(H,13,14,15). The van der Waals surface area contributed by atoms with Crippen LogP contribution < -0.4 is 5.32 Å². The van der Waals surface area contributed by atoms with Crippen molar-refractivity contribution in [1.82, 2.24) is 5.32 Å². The number of amidine groups is 1. The Kier molecular flexibility index (Phi) is 2.75. The third kappa shape index (κ3) is 2.48. The number of amides is 1. The molecule has 0 atom stereocenters. The van der Waals surface area contributed by atoms with Gasteiger partial charge in [-0.25, -0.2) is 0 Å². The van der Waals surface area contributed by atoms with Gasteiger partial charge in [0.2, 0.25) is 5.91 Å². The van der Waals surface area contributed by atoms with E-state index in [9.17, 15) is 4.79 Å². The molecule has 1 aliphatic heterocycles. The highest BCUT2D eigenvalue weighted by Crippen LogP contribution is 2.48. The fraction of sp³-hybridized carbons (Fsp3) is 0.667. The first-order valence-corrected chi connectivity index (χ1v) is 7.01. The molecule has 1 heterocycles. The molecule has 86 valence electrons. The normalized spacial score (nSPS) is 23.9. The fourth-order valence-electron chi connectivity index (χ4n) is 2.11. The second-order valence-electron chi connectivity index (χ2n) is 4.72. The van der Waals surface area contributed by atoms with Gasteiger partial charge in [-0.2, -0.15) is 0 Å². The molecule has 4 heteroatoms. The molecule has 16 heavy (non-hydrogen) atoms. The van der Waals surface area contributed by atoms with Gasteiger partial charge in [0.15, 0.2) is 5.17 Å². The fourth-order valence-corrected chi connectivity index (χ4v) is 2.84. The Bertz CT molecular complexity index is 353. The third-order valence-electron chi connectivity index (χ3n) is 3.21. The highest BCUT2D eigenvalue weighted by molar-refractivity contribution is 8.14. The average Bonchev–Trinajstić information content (AvgIpc) is 3.17. The monoisotopic (exact) mass is 236 g/mol. The summed E-state index contributed by atoms with van der Waals surface area (Å²) in [5.41, 5.74) is 1.40. The van der Waals surface area contributed by atoms with Gasteiger partial charge in [-0.05, 0) is 37.5 Å². The molecule has 1 amide bonds. The summed E-state index contributed by atoms with van der Waals surface area (Å²) in [4.78, 5) is 16.0. The summed E-state index contributed by atoms with van der Waals surface area (Å²) in [5.74, 6) is 2.46. The molecule has 0 aromatic carbocycles. The number of nitrogens with zero attached hydrogens (tertiary/aromatic N) is 1. The largest absolute Gasteiger partial charge is 0.302 e. The summed E-state index contributed by atoms with van der Waals surface area (Å²) in [6, 6.07) is 0. The Morgan fingerprint density at radius 2 is 2.00 bits per heavy atom. The van der Waals surface area contributed by atoms with E-state index in [0.29, 0.717) is 0 Å². The van der Waals surface area contributed by atoms with Crippen LogP contribution in [0.1, 0.15) is 25.7 Å². The number of aliphatic imine (C=N–C) groups is 1. The first-order chi connectivity index (χ1) is 7.83. The van der Waals surface area contributed by atoms with E-state index in [1.54, 1.807) is 11.8 Å². The van der Waals surface area contributed by atoms with Gasteiger partial charge < -0.3 is 5.32 Å². The van der Waals surface area contributed by atoms with Crippen LogP contribution in [0.2, 0.25) is 0 Å². The molecular weight excluding hydrogens is 220 g/mol. The topological polar surface area (TPSA) is 41.5 Å². The number of nitrogens with one attached hydrogen (secondary N) is 1. The number of rotatable bonds is 3. The first-order valence-electron chi connectivity index (χ1n) is 6.02. The molecule has 0 aromatic heterocycles. The van der Waals surface area contributed by atoms with E-state index in [-0.39, 0.29) is 5.91 Å². The van der Waals surface area contributed by atoms with E-state index in [2.05, 4.69) is 10.3 Å². The molecule has 0 saturated heterocycles. The highest BCUT2D eigenvalue weighted by Gasteiger charge is 2.36. The van der Waals surface area contributed by atoms with Gasteiger partial charge in [0.25, 0.3) is 0 Å². The maximum atomic E-state index is 11.8. The SMILES string of the molecule is O=C(C=C(C1CC1)C1CC1)NC1=NCCS1. The lowest BCUT2D eigenvalue weighted by Crippen LogP contribution is -2.25. The van der Waals surface area contributed by atoms with E-state index < -0.39 is 0 Å². The van der Waals surface area contributed by atoms with Gasteiger partial charge in [0.1, 0.15) is 0 Å². The molecule has 2 aliphatic carbocycles. The lowest BCUT2D eigenvalue weighted by atomic mass is 10.1. The number of carbonyl (C=O) groups is 1. The zero-order chi connectivity index (χ0) is 11.0. The summed E-state index contributed by atoms with van der Waals surface area (Å²) >= 11 is 1.63. The van der Waals surface area contributed by atoms with Gasteiger partial charge >= 0.3 is 0 Å². The van der Waals surface area contributed by atoms with E-state index in [1.807, 2.05) is 6.08 Å². The predicted molar refractivity (Wildman–Crippen MR) is 66.4 cm³/mol. The molecule has 1 N–H and O–H groups in total. The second-order valence-corrected chi connectivity index (χ2v) is 5.80. The molecular formula is C12H16N2OS. The Balaban J connectivity index is 1.62. The van der Waals surface area contributed by atoms with Crippen LogP contribution in [0.4, 0.5) is 0 Å². The number of allylic oxidation sites excluding steroid dienone is 1. The molecule has 0 unspecified atom stereocenters. The van der Waals surface area contributed by atoms with E-state index in [0.717, 1.165) is 29.3 Å². The van der Waals surface area contributed by atoms with E-state index in [1.165, 1.54) is 31.3 Å². The smallest absolute Gasteiger partial charge is 0.249 e. The Labute approximate surface area is 99.8 Å². The number of hydrogen-bond acceptors (Lipinski definition) is 3. The van der Waals surface area contributed by atoms with E-state index >= 15 is 0 Å². The van der Waals surface area contributed by atoms with Gasteiger partial charge in [-0.3, -0.25) is 9.79 Å². The minimum Gasteiger partial charge on any atom is -0.302 e. The highest BCUT2D eigenvalue weighted by atomic mass is 32.2. The van der Waals surface area contributed by atoms with Crippen molar-refractivity contribution >= 4 is 22.8 Å². The molecule has 2 saturated carbocycles. The van der Waals surface area contributed by atoms with Crippen molar-refractivity contribution in [3.05, 3.63) is 11.6 Å². The van der Waals surface area contributed by atoms with Crippen LogP contribution in [0, 0.1) is 11.8 Å². The first kappa shape index (κ1) is 10.4. The van der Waals surface area contributed by atoms with Crippen molar-refractivity contribution in [3.8, 4) is 0 Å². The Hall–Kier alpha value is -0.770. The van der Waals surface area contributed by atoms with Crippen molar-refractivity contribution in [1.29, 1.82) is 0 Å². The molecule has 3 nitrogen and oxygen atoms in total. The maximum absolute atomic E-state index is 11.8. The van der Waals surface area contributed by atoms with Crippen LogP contribution in [0.3, 0.4) is 0 Å². The molecule has 2 fully saturated rings. The zero-order valence-corrected chi connectivity index (χ0v) is 10.1. The van der Waals surface area contributed by atoms with Gasteiger partial charge in [0.05, 0.1) is 6.54 Å². The van der Waals surface area contributed by atoms with Crippen LogP contribution in [0.15, 0.2) is 16.6 Å². The van der Waals surface area contributed by atoms with Gasteiger partial charge in [-0.1, -0.05) is 17.3 Å². The summed E-state index contributed by atoms with van der Waals surface area (Å²) in [7, 11) is 0. The molecule has 0 bridgehead atoms. The number of hydrogen-bond donors (Lipinski definition) is 1. The zero-order valence-electron chi connectivity index (χ0n) is 9.24. The van der Waals surface area contributed by atoms with Crippen molar-refractivity contribution in [2.24, 2.45) is 16.8 Å². The van der Waals surface area contributed by atoms with Crippen LogP contribution >= 0.6 is 11.8 Å². The van der Waals surface area contributed by atoms with Crippen LogP contribution in [0.25, 0.3) is 0 Å². The minimum absolute atomic E-state index is 0.0296. The molecule has 0 aromatic rings. The summed E-state index contributed by atoms with van der Waals surface area (Å²) < 4.78 is 0. The van der Waals surface area contributed by atoms with Crippen molar-refractivity contribution in [2.45, 2.75) is 25.7 Å². The lowest BCUT2D eigenvalue weighted by Gasteiger charge is -2.04. The quantitative estimate of drug-likeness (QED) is 0.761. The predicted octanol–water partition coefficient (Wildman–Crippen LogP) is 1.95. The lowest BCUT2D eigenvalue weighted by molar-refractivity contribution is -0.115. The van der Waals surface area contributed by atoms with Crippen LogP contribution in [-0.4, -0.2) is 23.4 Å². The average molecular weight is 236 g/mol. The van der Waals surface area contributed by atoms with Crippen molar-refractivity contribution in [2.75, 3.05) is 12.3 Å². The molecule has 0 radical (unpaired) electrons.